The summed E-state index contributed by atoms with van der Waals surface area (Å²) in [4.78, 5) is 0. The second-order valence-corrected chi connectivity index (χ2v) is 5.93. The first-order chi connectivity index (χ1) is 9.45. The highest BCUT2D eigenvalue weighted by atomic mass is 16.5. The van der Waals surface area contributed by atoms with Gasteiger partial charge in [0.1, 0.15) is 0 Å². The minimum absolute atomic E-state index is 0.516. The van der Waals surface area contributed by atoms with E-state index >= 15 is 0 Å². The molecular formula is C16H30NO2. The average Bonchev–Trinajstić information content (AvgIpc) is 2.48. The topological polar surface area (TPSA) is 32.6 Å². The lowest BCUT2D eigenvalue weighted by atomic mass is 9.98. The maximum absolute atomic E-state index is 5.84. The number of nitrogens with zero attached hydrogens (tertiary/aromatic N) is 1. The summed E-state index contributed by atoms with van der Waals surface area (Å²) < 4.78 is 11.7. The number of rotatable bonds is 8. The van der Waals surface area contributed by atoms with Gasteiger partial charge < -0.3 is 9.47 Å². The van der Waals surface area contributed by atoms with Crippen molar-refractivity contribution in [3.05, 3.63) is 0 Å². The fourth-order valence-electron chi connectivity index (χ4n) is 3.14. The molecule has 3 heteroatoms. The summed E-state index contributed by atoms with van der Waals surface area (Å²) in [5.41, 5.74) is 0. The molecule has 2 rings (SSSR count). The van der Waals surface area contributed by atoms with Crippen LogP contribution in [0, 0.1) is 0 Å². The number of hydrogen-bond donors (Lipinski definition) is 0. The summed E-state index contributed by atoms with van der Waals surface area (Å²) in [7, 11) is 0. The molecule has 0 saturated heterocycles. The molecule has 0 bridgehead atoms. The summed E-state index contributed by atoms with van der Waals surface area (Å²) in [5, 5.41) is 4.49. The monoisotopic (exact) mass is 268 g/mol. The molecule has 3 nitrogen and oxygen atoms in total. The highest BCUT2D eigenvalue weighted by molar-refractivity contribution is 4.66. The van der Waals surface area contributed by atoms with Gasteiger partial charge in [-0.1, -0.05) is 38.5 Å². The number of ether oxygens (including phenoxy) is 2. The Bertz CT molecular complexity index is 189. The van der Waals surface area contributed by atoms with Crippen LogP contribution in [-0.4, -0.2) is 38.5 Å². The molecule has 0 atom stereocenters. The van der Waals surface area contributed by atoms with Gasteiger partial charge in [0.2, 0.25) is 0 Å². The summed E-state index contributed by atoms with van der Waals surface area (Å²) in [6.45, 7) is 3.28. The predicted molar refractivity (Wildman–Crippen MR) is 77.5 cm³/mol. The van der Waals surface area contributed by atoms with E-state index in [1.807, 2.05) is 0 Å². The molecule has 2 aliphatic carbocycles. The molecule has 0 aromatic carbocycles. The summed E-state index contributed by atoms with van der Waals surface area (Å²) in [6, 6.07) is 0. The molecule has 1 radical (unpaired) electrons. The lowest BCUT2D eigenvalue weighted by Crippen LogP contribution is -2.24. The Morgan fingerprint density at radius 2 is 1.05 bits per heavy atom. The van der Waals surface area contributed by atoms with Gasteiger partial charge in [-0.25, -0.2) is 5.32 Å². The number of hydrogen-bond acceptors (Lipinski definition) is 2. The van der Waals surface area contributed by atoms with Crippen molar-refractivity contribution in [2.75, 3.05) is 26.3 Å². The van der Waals surface area contributed by atoms with Crippen molar-refractivity contribution in [3.8, 4) is 0 Å². The first-order valence-corrected chi connectivity index (χ1v) is 8.31. The van der Waals surface area contributed by atoms with Gasteiger partial charge in [-0.3, -0.25) is 0 Å². The van der Waals surface area contributed by atoms with Crippen molar-refractivity contribution in [2.45, 2.75) is 76.4 Å². The Morgan fingerprint density at radius 3 is 1.47 bits per heavy atom. The van der Waals surface area contributed by atoms with Gasteiger partial charge >= 0.3 is 0 Å². The van der Waals surface area contributed by atoms with E-state index in [4.69, 9.17) is 9.47 Å². The van der Waals surface area contributed by atoms with E-state index in [0.717, 1.165) is 26.3 Å². The quantitative estimate of drug-likeness (QED) is 0.633. The maximum atomic E-state index is 5.84. The molecule has 0 N–H and O–H groups in total. The van der Waals surface area contributed by atoms with Gasteiger partial charge in [0.15, 0.2) is 0 Å². The van der Waals surface area contributed by atoms with E-state index in [0.29, 0.717) is 12.2 Å². The van der Waals surface area contributed by atoms with Crippen LogP contribution >= 0.6 is 0 Å². The minimum atomic E-state index is 0.516. The SMILES string of the molecule is C1CCC(OCC[N]CCOC2CCCCC2)CC1. The van der Waals surface area contributed by atoms with Crippen molar-refractivity contribution in [2.24, 2.45) is 0 Å². The molecule has 2 fully saturated rings. The Morgan fingerprint density at radius 1 is 0.632 bits per heavy atom. The minimum Gasteiger partial charge on any atom is -0.377 e. The van der Waals surface area contributed by atoms with Gasteiger partial charge in [-0.15, -0.1) is 0 Å². The summed E-state index contributed by atoms with van der Waals surface area (Å²) >= 11 is 0. The molecule has 0 amide bonds. The largest absolute Gasteiger partial charge is 0.377 e. The lowest BCUT2D eigenvalue weighted by Gasteiger charge is -2.22. The van der Waals surface area contributed by atoms with Crippen molar-refractivity contribution in [1.82, 2.24) is 5.32 Å². The van der Waals surface area contributed by atoms with Crippen LogP contribution in [0.5, 0.6) is 0 Å². The maximum Gasteiger partial charge on any atom is 0.0611 e. The fraction of sp³-hybridized carbons (Fsp3) is 1.00. The summed E-state index contributed by atoms with van der Waals surface area (Å²) in [6.07, 6.45) is 14.2. The van der Waals surface area contributed by atoms with Crippen LogP contribution in [-0.2, 0) is 9.47 Å². The van der Waals surface area contributed by atoms with Crippen LogP contribution < -0.4 is 5.32 Å². The smallest absolute Gasteiger partial charge is 0.0611 e. The third-order valence-corrected chi connectivity index (χ3v) is 4.31. The first-order valence-electron chi connectivity index (χ1n) is 8.31. The van der Waals surface area contributed by atoms with Crippen LogP contribution in [0.1, 0.15) is 64.2 Å². The van der Waals surface area contributed by atoms with E-state index in [1.54, 1.807) is 0 Å². The van der Waals surface area contributed by atoms with E-state index in [9.17, 15) is 0 Å². The second-order valence-electron chi connectivity index (χ2n) is 5.93. The lowest BCUT2D eigenvalue weighted by molar-refractivity contribution is 0.0207. The highest BCUT2D eigenvalue weighted by Crippen LogP contribution is 2.20. The normalized spacial score (nSPS) is 22.7. The molecular weight excluding hydrogens is 238 g/mol. The van der Waals surface area contributed by atoms with Crippen LogP contribution in [0.25, 0.3) is 0 Å². The van der Waals surface area contributed by atoms with Crippen LogP contribution in [0.4, 0.5) is 0 Å². The molecule has 0 aromatic heterocycles. The van der Waals surface area contributed by atoms with Crippen LogP contribution in [0.15, 0.2) is 0 Å². The van der Waals surface area contributed by atoms with Gasteiger partial charge in [0.25, 0.3) is 0 Å². The van der Waals surface area contributed by atoms with Gasteiger partial charge in [-0.2, -0.15) is 0 Å². The van der Waals surface area contributed by atoms with E-state index in [1.165, 1.54) is 64.2 Å². The molecule has 0 spiro atoms. The van der Waals surface area contributed by atoms with E-state index in [-0.39, 0.29) is 0 Å². The molecule has 0 aromatic rings. The third kappa shape index (κ3) is 6.73. The van der Waals surface area contributed by atoms with E-state index in [2.05, 4.69) is 5.32 Å². The summed E-state index contributed by atoms with van der Waals surface area (Å²) in [5.74, 6) is 0. The zero-order valence-electron chi connectivity index (χ0n) is 12.3. The zero-order chi connectivity index (χ0) is 13.2. The standard InChI is InChI=1S/C16H30NO2/c1-3-7-15(8-4-1)18-13-11-17-12-14-19-16-9-5-2-6-10-16/h15-16H,1-14H2. The Hall–Kier alpha value is -0.120. The van der Waals surface area contributed by atoms with Crippen molar-refractivity contribution in [1.29, 1.82) is 0 Å². The van der Waals surface area contributed by atoms with Gasteiger partial charge in [-0.05, 0) is 25.7 Å². The van der Waals surface area contributed by atoms with Gasteiger partial charge in [0, 0.05) is 13.1 Å². The Labute approximate surface area is 118 Å². The molecule has 19 heavy (non-hydrogen) atoms. The molecule has 2 saturated carbocycles. The fourth-order valence-corrected chi connectivity index (χ4v) is 3.14. The molecule has 0 aliphatic heterocycles. The second kappa shape index (κ2) is 9.73. The first kappa shape index (κ1) is 15.3. The zero-order valence-corrected chi connectivity index (χ0v) is 12.3. The average molecular weight is 268 g/mol. The molecule has 0 unspecified atom stereocenters. The van der Waals surface area contributed by atoms with Crippen molar-refractivity contribution in [3.63, 3.8) is 0 Å². The Balaban J connectivity index is 1.35. The molecule has 2 aliphatic rings. The predicted octanol–water partition coefficient (Wildman–Crippen LogP) is 3.29. The van der Waals surface area contributed by atoms with Crippen LogP contribution in [0.2, 0.25) is 0 Å². The van der Waals surface area contributed by atoms with Crippen molar-refractivity contribution >= 4 is 0 Å². The third-order valence-electron chi connectivity index (χ3n) is 4.31. The Kier molecular flexibility index (Phi) is 7.82. The molecule has 111 valence electrons. The highest BCUT2D eigenvalue weighted by Gasteiger charge is 2.14. The van der Waals surface area contributed by atoms with Crippen LogP contribution in [0.3, 0.4) is 0 Å². The molecule has 0 heterocycles. The van der Waals surface area contributed by atoms with E-state index < -0.39 is 0 Å². The van der Waals surface area contributed by atoms with Gasteiger partial charge in [0.05, 0.1) is 25.4 Å². The van der Waals surface area contributed by atoms with Crippen molar-refractivity contribution < 1.29 is 9.47 Å².